The largest absolute Gasteiger partial charge is 0.416 e. The average Bonchev–Trinajstić information content (AvgIpc) is 2.78. The fourth-order valence-electron chi connectivity index (χ4n) is 2.74. The maximum Gasteiger partial charge on any atom is 0.416 e. The molecule has 3 aromatic heterocycles. The summed E-state index contributed by atoms with van der Waals surface area (Å²) in [5.74, 6) is 0. The van der Waals surface area contributed by atoms with Gasteiger partial charge in [-0.15, -0.1) is 0 Å². The van der Waals surface area contributed by atoms with E-state index in [1.165, 1.54) is 22.7 Å². The molecule has 0 unspecified atom stereocenters. The fourth-order valence-corrected chi connectivity index (χ4v) is 2.74. The van der Waals surface area contributed by atoms with Crippen molar-refractivity contribution in [3.63, 3.8) is 0 Å². The second-order valence-corrected chi connectivity index (χ2v) is 4.83. The first-order chi connectivity index (χ1) is 9.97. The van der Waals surface area contributed by atoms with Crippen LogP contribution in [0.2, 0.25) is 0 Å². The third kappa shape index (κ3) is 1.55. The maximum absolute atomic E-state index is 12.9. The smallest absolute Gasteiger partial charge is 0.274 e. The molecule has 0 bridgehead atoms. The van der Waals surface area contributed by atoms with Crippen LogP contribution in [-0.4, -0.2) is 9.38 Å². The zero-order valence-electron chi connectivity index (χ0n) is 10.5. The highest BCUT2D eigenvalue weighted by atomic mass is 19.4. The minimum Gasteiger partial charge on any atom is -0.274 e. The molecule has 0 aliphatic rings. The van der Waals surface area contributed by atoms with Gasteiger partial charge in [0.05, 0.1) is 22.1 Å². The zero-order valence-corrected chi connectivity index (χ0v) is 10.5. The predicted octanol–water partition coefficient (Wildman–Crippen LogP) is 3.46. The van der Waals surface area contributed by atoms with Crippen LogP contribution in [0, 0.1) is 0 Å². The van der Waals surface area contributed by atoms with E-state index in [2.05, 4.69) is 4.98 Å². The summed E-state index contributed by atoms with van der Waals surface area (Å²) in [6.07, 6.45) is -2.89. The number of alkyl halides is 3. The van der Waals surface area contributed by atoms with Gasteiger partial charge in [0.2, 0.25) is 0 Å². The van der Waals surface area contributed by atoms with Crippen molar-refractivity contribution < 1.29 is 13.2 Å². The number of rotatable bonds is 0. The summed E-state index contributed by atoms with van der Waals surface area (Å²) in [5, 5.41) is 0.999. The highest BCUT2D eigenvalue weighted by Gasteiger charge is 2.31. The summed E-state index contributed by atoms with van der Waals surface area (Å²) in [7, 11) is 0. The lowest BCUT2D eigenvalue weighted by Crippen LogP contribution is -2.10. The number of benzene rings is 1. The molecule has 4 aromatic rings. The van der Waals surface area contributed by atoms with Crippen molar-refractivity contribution in [2.45, 2.75) is 6.18 Å². The van der Waals surface area contributed by atoms with Crippen molar-refractivity contribution in [2.24, 2.45) is 0 Å². The van der Waals surface area contributed by atoms with Crippen LogP contribution in [0.4, 0.5) is 13.2 Å². The SMILES string of the molecule is O=c1ccc2nccc3c4cc(C(F)(F)F)ccc4n1c23. The minimum atomic E-state index is -4.42. The monoisotopic (exact) mass is 288 g/mol. The zero-order chi connectivity index (χ0) is 14.8. The van der Waals surface area contributed by atoms with Crippen LogP contribution in [0.25, 0.3) is 27.3 Å². The number of hydrogen-bond donors (Lipinski definition) is 0. The normalized spacial score (nSPS) is 12.7. The Bertz CT molecular complexity index is 1050. The van der Waals surface area contributed by atoms with Crippen molar-refractivity contribution >= 4 is 27.3 Å². The van der Waals surface area contributed by atoms with Gasteiger partial charge in [-0.2, -0.15) is 13.2 Å². The maximum atomic E-state index is 12.9. The molecule has 0 N–H and O–H groups in total. The predicted molar refractivity (Wildman–Crippen MR) is 72.7 cm³/mol. The van der Waals surface area contributed by atoms with Crippen LogP contribution < -0.4 is 5.56 Å². The Morgan fingerprint density at radius 1 is 1.00 bits per heavy atom. The number of pyridine rings is 2. The Labute approximate surface area is 115 Å². The second-order valence-electron chi connectivity index (χ2n) is 4.83. The molecule has 0 saturated heterocycles. The molecule has 0 fully saturated rings. The van der Waals surface area contributed by atoms with Gasteiger partial charge in [0.15, 0.2) is 0 Å². The van der Waals surface area contributed by atoms with Crippen LogP contribution in [0.1, 0.15) is 5.56 Å². The number of hydrogen-bond acceptors (Lipinski definition) is 2. The Morgan fingerprint density at radius 2 is 1.81 bits per heavy atom. The van der Waals surface area contributed by atoms with Crippen molar-refractivity contribution in [1.29, 1.82) is 0 Å². The first-order valence-corrected chi connectivity index (χ1v) is 6.19. The van der Waals surface area contributed by atoms with E-state index in [0.717, 1.165) is 12.1 Å². The second kappa shape index (κ2) is 3.72. The Kier molecular flexibility index (Phi) is 2.15. The van der Waals surface area contributed by atoms with Gasteiger partial charge in [0, 0.05) is 23.0 Å². The molecule has 1 aromatic carbocycles. The van der Waals surface area contributed by atoms with Crippen LogP contribution in [0.3, 0.4) is 0 Å². The third-order valence-electron chi connectivity index (χ3n) is 3.64. The van der Waals surface area contributed by atoms with E-state index in [1.54, 1.807) is 12.1 Å². The van der Waals surface area contributed by atoms with Gasteiger partial charge in [0.25, 0.3) is 5.56 Å². The van der Waals surface area contributed by atoms with Gasteiger partial charge in [-0.05, 0) is 30.3 Å². The quantitative estimate of drug-likeness (QED) is 0.496. The number of aromatic nitrogens is 2. The summed E-state index contributed by atoms with van der Waals surface area (Å²) in [5.41, 5.74) is 0.583. The lowest BCUT2D eigenvalue weighted by Gasteiger charge is -2.06. The highest BCUT2D eigenvalue weighted by molar-refractivity contribution is 6.12. The van der Waals surface area contributed by atoms with Gasteiger partial charge >= 0.3 is 6.18 Å². The molecule has 0 radical (unpaired) electrons. The molecule has 3 heterocycles. The fraction of sp³-hybridized carbons (Fsp3) is 0.0667. The minimum absolute atomic E-state index is 0.282. The van der Waals surface area contributed by atoms with Gasteiger partial charge in [0.1, 0.15) is 0 Å². The van der Waals surface area contributed by atoms with Crippen molar-refractivity contribution in [2.75, 3.05) is 0 Å². The molecule has 0 aliphatic carbocycles. The molecule has 0 spiro atoms. The van der Waals surface area contributed by atoms with E-state index in [9.17, 15) is 18.0 Å². The van der Waals surface area contributed by atoms with E-state index in [0.29, 0.717) is 27.3 Å². The summed E-state index contributed by atoms with van der Waals surface area (Å²) in [6, 6.07) is 7.98. The third-order valence-corrected chi connectivity index (χ3v) is 3.64. The molecule has 4 rings (SSSR count). The Hall–Kier alpha value is -2.63. The first-order valence-electron chi connectivity index (χ1n) is 6.19. The lowest BCUT2D eigenvalue weighted by atomic mass is 10.1. The molecular formula is C15H7F3N2O. The van der Waals surface area contributed by atoms with E-state index < -0.39 is 11.7 Å². The standard InChI is InChI=1S/C15H7F3N2O/c16-15(17,18)8-1-3-12-10(7-8)9-5-6-19-11-2-4-13(21)20(12)14(9)11/h1-7H. The van der Waals surface area contributed by atoms with Gasteiger partial charge in [-0.25, -0.2) is 0 Å². The lowest BCUT2D eigenvalue weighted by molar-refractivity contribution is -0.137. The van der Waals surface area contributed by atoms with Crippen LogP contribution >= 0.6 is 0 Å². The van der Waals surface area contributed by atoms with Crippen LogP contribution in [0.15, 0.2) is 47.4 Å². The van der Waals surface area contributed by atoms with E-state index in [4.69, 9.17) is 0 Å². The van der Waals surface area contributed by atoms with Gasteiger partial charge in [-0.3, -0.25) is 14.2 Å². The number of nitrogens with zero attached hydrogens (tertiary/aromatic N) is 2. The Morgan fingerprint density at radius 3 is 2.57 bits per heavy atom. The molecule has 21 heavy (non-hydrogen) atoms. The Balaban J connectivity index is 2.30. The summed E-state index contributed by atoms with van der Waals surface area (Å²) in [6.45, 7) is 0. The van der Waals surface area contributed by atoms with Crippen molar-refractivity contribution in [3.8, 4) is 0 Å². The molecular weight excluding hydrogens is 281 g/mol. The molecule has 0 amide bonds. The molecule has 0 atom stereocenters. The average molecular weight is 288 g/mol. The summed E-state index contributed by atoms with van der Waals surface area (Å²) >= 11 is 0. The van der Waals surface area contributed by atoms with E-state index in [1.807, 2.05) is 0 Å². The number of halogens is 3. The van der Waals surface area contributed by atoms with Crippen LogP contribution in [0.5, 0.6) is 0 Å². The molecule has 6 heteroatoms. The topological polar surface area (TPSA) is 34.4 Å². The van der Waals surface area contributed by atoms with Gasteiger partial charge in [-0.1, -0.05) is 0 Å². The van der Waals surface area contributed by atoms with Crippen molar-refractivity contribution in [1.82, 2.24) is 9.38 Å². The summed E-state index contributed by atoms with van der Waals surface area (Å²) in [4.78, 5) is 16.2. The first kappa shape index (κ1) is 12.1. The highest BCUT2D eigenvalue weighted by Crippen LogP contribution is 2.35. The molecule has 3 nitrogen and oxygen atoms in total. The van der Waals surface area contributed by atoms with Crippen molar-refractivity contribution in [3.05, 3.63) is 58.5 Å². The number of fused-ring (bicyclic) bond motifs is 3. The van der Waals surface area contributed by atoms with Gasteiger partial charge < -0.3 is 0 Å². The van der Waals surface area contributed by atoms with Crippen LogP contribution in [-0.2, 0) is 6.18 Å². The van der Waals surface area contributed by atoms with E-state index >= 15 is 0 Å². The molecule has 0 saturated carbocycles. The summed E-state index contributed by atoms with van der Waals surface area (Å²) < 4.78 is 40.0. The van der Waals surface area contributed by atoms with E-state index in [-0.39, 0.29) is 5.56 Å². The molecule has 0 aliphatic heterocycles. The molecule has 104 valence electrons.